The van der Waals surface area contributed by atoms with Crippen molar-refractivity contribution in [2.24, 2.45) is 0 Å². The smallest absolute Gasteiger partial charge is 0.230 e. The molecule has 0 spiro atoms. The molecule has 5 nitrogen and oxygen atoms in total. The van der Waals surface area contributed by atoms with Crippen LogP contribution in [0, 0.1) is 4.77 Å². The maximum absolute atomic E-state index is 5.89. The van der Waals surface area contributed by atoms with Gasteiger partial charge in [-0.1, -0.05) is 18.2 Å². The molecule has 2 unspecified atom stereocenters. The van der Waals surface area contributed by atoms with Crippen LogP contribution in [0.25, 0.3) is 5.69 Å². The molecule has 104 valence electrons. The summed E-state index contributed by atoms with van der Waals surface area (Å²) < 4.78 is 8.52. The minimum absolute atomic E-state index is 0.336. The van der Waals surface area contributed by atoms with Gasteiger partial charge in [0.25, 0.3) is 0 Å². The first-order valence-electron chi connectivity index (χ1n) is 6.94. The lowest BCUT2D eigenvalue weighted by atomic mass is 10.2. The average Bonchev–Trinajstić information content (AvgIpc) is 3.02. The maximum atomic E-state index is 5.89. The molecule has 1 N–H and O–H groups in total. The lowest BCUT2D eigenvalue weighted by Crippen LogP contribution is -2.43. The number of morpholine rings is 1. The van der Waals surface area contributed by atoms with Crippen LogP contribution in [-0.2, 0) is 4.74 Å². The number of nitrogens with one attached hydrogen (secondary N) is 1. The lowest BCUT2D eigenvalue weighted by Gasteiger charge is -2.32. The predicted octanol–water partition coefficient (Wildman–Crippen LogP) is 2.30. The van der Waals surface area contributed by atoms with Crippen molar-refractivity contribution < 1.29 is 4.74 Å². The predicted molar refractivity (Wildman–Crippen MR) is 78.9 cm³/mol. The van der Waals surface area contributed by atoms with Crippen molar-refractivity contribution in [3.63, 3.8) is 0 Å². The Labute approximate surface area is 122 Å². The molecule has 0 amide bonds. The van der Waals surface area contributed by atoms with Gasteiger partial charge in [0.1, 0.15) is 0 Å². The van der Waals surface area contributed by atoms with E-state index in [1.165, 1.54) is 0 Å². The molecule has 6 heteroatoms. The van der Waals surface area contributed by atoms with Gasteiger partial charge in [0, 0.05) is 13.1 Å². The van der Waals surface area contributed by atoms with Crippen molar-refractivity contribution in [3.05, 3.63) is 35.1 Å². The molecule has 0 saturated carbocycles. The van der Waals surface area contributed by atoms with Crippen molar-refractivity contribution >= 4 is 18.2 Å². The first-order chi connectivity index (χ1) is 9.81. The quantitative estimate of drug-likeness (QED) is 0.861. The van der Waals surface area contributed by atoms with E-state index in [0.29, 0.717) is 17.0 Å². The topological polar surface area (TPSA) is 46.1 Å². The summed E-state index contributed by atoms with van der Waals surface area (Å²) in [7, 11) is 0. The summed E-state index contributed by atoms with van der Waals surface area (Å²) in [5.41, 5.74) is 1.04. The van der Waals surface area contributed by atoms with Crippen molar-refractivity contribution in [2.45, 2.75) is 25.0 Å². The highest BCUT2D eigenvalue weighted by atomic mass is 32.1. The zero-order valence-corrected chi connectivity index (χ0v) is 11.8. The second-order valence-corrected chi connectivity index (χ2v) is 5.75. The summed E-state index contributed by atoms with van der Waals surface area (Å²) in [6, 6.07) is 10.1. The summed E-state index contributed by atoms with van der Waals surface area (Å²) in [5.74, 6) is 0.890. The number of nitrogens with zero attached hydrogens (tertiary/aromatic N) is 3. The molecular weight excluding hydrogens is 272 g/mol. The van der Waals surface area contributed by atoms with E-state index < -0.39 is 0 Å². The molecule has 0 aliphatic carbocycles. The lowest BCUT2D eigenvalue weighted by molar-refractivity contribution is 0.0298. The van der Waals surface area contributed by atoms with Crippen LogP contribution in [0.5, 0.6) is 0 Å². The molecule has 4 rings (SSSR count). The van der Waals surface area contributed by atoms with Crippen LogP contribution in [0.15, 0.2) is 30.3 Å². The van der Waals surface area contributed by atoms with E-state index >= 15 is 0 Å². The molecule has 20 heavy (non-hydrogen) atoms. The minimum atomic E-state index is 0.336. The van der Waals surface area contributed by atoms with Gasteiger partial charge >= 0.3 is 0 Å². The van der Waals surface area contributed by atoms with E-state index in [1.54, 1.807) is 0 Å². The van der Waals surface area contributed by atoms with Gasteiger partial charge in [0.05, 0.1) is 17.9 Å². The monoisotopic (exact) mass is 288 g/mol. The number of aromatic nitrogens is 3. The fraction of sp³-hybridized carbons (Fsp3) is 0.429. The second kappa shape index (κ2) is 4.71. The molecule has 1 aromatic heterocycles. The first-order valence-corrected chi connectivity index (χ1v) is 7.35. The molecule has 2 aliphatic rings. The number of fused-ring (bicyclic) bond motifs is 2. The van der Waals surface area contributed by atoms with Crippen LogP contribution < -0.4 is 4.90 Å². The number of anilines is 1. The summed E-state index contributed by atoms with van der Waals surface area (Å²) in [5, 5.41) is 7.35. The molecule has 2 aliphatic heterocycles. The Balaban J connectivity index is 1.74. The molecular formula is C14H16N4OS. The van der Waals surface area contributed by atoms with Crippen LogP contribution in [0.4, 0.5) is 5.95 Å². The van der Waals surface area contributed by atoms with Gasteiger partial charge in [0.2, 0.25) is 10.7 Å². The standard InChI is InChI=1S/C14H16N4OS/c20-14-16-15-13(18(14)10-4-2-1-3-5-10)17-8-11-6-7-12(9-17)19-11/h1-5,11-12H,6-9H2,(H,16,20). The first kappa shape index (κ1) is 12.1. The van der Waals surface area contributed by atoms with Gasteiger partial charge in [0.15, 0.2) is 0 Å². The normalized spacial score (nSPS) is 25.1. The molecule has 2 bridgehead atoms. The number of hydrogen-bond donors (Lipinski definition) is 1. The second-order valence-electron chi connectivity index (χ2n) is 5.36. The Morgan fingerprint density at radius 2 is 1.85 bits per heavy atom. The molecule has 3 heterocycles. The highest BCUT2D eigenvalue weighted by Crippen LogP contribution is 2.29. The van der Waals surface area contributed by atoms with Gasteiger partial charge < -0.3 is 9.64 Å². The summed E-state index contributed by atoms with van der Waals surface area (Å²) in [4.78, 5) is 2.28. The zero-order valence-electron chi connectivity index (χ0n) is 11.0. The van der Waals surface area contributed by atoms with Gasteiger partial charge in [-0.05, 0) is 37.2 Å². The van der Waals surface area contributed by atoms with Gasteiger partial charge in [-0.15, -0.1) is 5.10 Å². The van der Waals surface area contributed by atoms with E-state index in [2.05, 4.69) is 15.1 Å². The number of hydrogen-bond acceptors (Lipinski definition) is 4. The van der Waals surface area contributed by atoms with Crippen LogP contribution in [0.1, 0.15) is 12.8 Å². The van der Waals surface area contributed by atoms with E-state index in [-0.39, 0.29) is 0 Å². The van der Waals surface area contributed by atoms with Crippen molar-refractivity contribution in [2.75, 3.05) is 18.0 Å². The van der Waals surface area contributed by atoms with Crippen LogP contribution in [0.3, 0.4) is 0 Å². The molecule has 2 fully saturated rings. The van der Waals surface area contributed by atoms with Gasteiger partial charge in [-0.3, -0.25) is 4.57 Å². The molecule has 2 aromatic rings. The maximum Gasteiger partial charge on any atom is 0.230 e. The largest absolute Gasteiger partial charge is 0.371 e. The molecule has 0 radical (unpaired) electrons. The molecule has 2 saturated heterocycles. The fourth-order valence-corrected chi connectivity index (χ4v) is 3.32. The average molecular weight is 288 g/mol. The molecule has 2 atom stereocenters. The van der Waals surface area contributed by atoms with Gasteiger partial charge in [-0.25, -0.2) is 5.10 Å². The number of H-pyrrole nitrogens is 1. The van der Waals surface area contributed by atoms with E-state index in [4.69, 9.17) is 17.0 Å². The summed E-state index contributed by atoms with van der Waals surface area (Å²) in [6.07, 6.45) is 2.97. The third-order valence-electron chi connectivity index (χ3n) is 4.00. The Hall–Kier alpha value is -1.66. The van der Waals surface area contributed by atoms with Crippen molar-refractivity contribution in [1.29, 1.82) is 0 Å². The number of benzene rings is 1. The van der Waals surface area contributed by atoms with E-state index in [1.807, 2.05) is 34.9 Å². The Kier molecular flexibility index (Phi) is 2.85. The number of rotatable bonds is 2. The third-order valence-corrected chi connectivity index (χ3v) is 4.27. The minimum Gasteiger partial charge on any atom is -0.371 e. The summed E-state index contributed by atoms with van der Waals surface area (Å²) >= 11 is 5.39. The highest BCUT2D eigenvalue weighted by molar-refractivity contribution is 7.71. The van der Waals surface area contributed by atoms with Crippen molar-refractivity contribution in [1.82, 2.24) is 14.8 Å². The molecule has 1 aromatic carbocycles. The van der Waals surface area contributed by atoms with E-state index in [0.717, 1.165) is 37.6 Å². The fourth-order valence-electron chi connectivity index (χ4n) is 3.09. The van der Waals surface area contributed by atoms with Crippen LogP contribution in [0.2, 0.25) is 0 Å². The third kappa shape index (κ3) is 1.96. The van der Waals surface area contributed by atoms with E-state index in [9.17, 15) is 0 Å². The summed E-state index contributed by atoms with van der Waals surface area (Å²) in [6.45, 7) is 1.78. The number of para-hydroxylation sites is 1. The number of aromatic amines is 1. The SMILES string of the molecule is S=c1[nH]nc(N2CC3CCC(C2)O3)n1-c1ccccc1. The van der Waals surface area contributed by atoms with Gasteiger partial charge in [-0.2, -0.15) is 0 Å². The Bertz CT molecular complexity index is 653. The number of ether oxygens (including phenoxy) is 1. The van der Waals surface area contributed by atoms with Crippen LogP contribution in [-0.4, -0.2) is 40.1 Å². The Morgan fingerprint density at radius 1 is 1.15 bits per heavy atom. The Morgan fingerprint density at radius 3 is 2.55 bits per heavy atom. The van der Waals surface area contributed by atoms with Crippen LogP contribution >= 0.6 is 12.2 Å². The van der Waals surface area contributed by atoms with Crippen molar-refractivity contribution in [3.8, 4) is 5.69 Å². The highest BCUT2D eigenvalue weighted by Gasteiger charge is 2.35. The zero-order chi connectivity index (χ0) is 13.5.